The fourth-order valence-corrected chi connectivity index (χ4v) is 3.14. The molecule has 0 saturated heterocycles. The van der Waals surface area contributed by atoms with Gasteiger partial charge in [-0.2, -0.15) is 0 Å². The van der Waals surface area contributed by atoms with Crippen LogP contribution in [0.5, 0.6) is 5.75 Å². The summed E-state index contributed by atoms with van der Waals surface area (Å²) in [6, 6.07) is 11.7. The van der Waals surface area contributed by atoms with Gasteiger partial charge in [0.05, 0.1) is 17.2 Å². The molecule has 1 aliphatic heterocycles. The molecule has 0 aliphatic carbocycles. The van der Waals surface area contributed by atoms with Gasteiger partial charge in [0.1, 0.15) is 5.75 Å². The first-order valence-electron chi connectivity index (χ1n) is 7.74. The third kappa shape index (κ3) is 4.77. The molecule has 3 rings (SSSR count). The summed E-state index contributed by atoms with van der Waals surface area (Å²) in [5, 5.41) is 5.99. The monoisotopic (exact) mass is 390 g/mol. The second-order valence-corrected chi connectivity index (χ2v) is 6.94. The van der Waals surface area contributed by atoms with Crippen LogP contribution >= 0.6 is 23.4 Å². The largest absolute Gasteiger partial charge is 0.482 e. The number of carbonyl (C=O) groups is 3. The van der Waals surface area contributed by atoms with Crippen molar-refractivity contribution in [3.8, 4) is 5.75 Å². The highest BCUT2D eigenvalue weighted by atomic mass is 35.5. The highest BCUT2D eigenvalue weighted by molar-refractivity contribution is 8.00. The van der Waals surface area contributed by atoms with Crippen molar-refractivity contribution in [2.75, 3.05) is 28.7 Å². The number of hydrogen-bond acceptors (Lipinski definition) is 5. The highest BCUT2D eigenvalue weighted by Gasteiger charge is 2.18. The van der Waals surface area contributed by atoms with Crippen LogP contribution in [0.25, 0.3) is 0 Å². The first-order valence-corrected chi connectivity index (χ1v) is 9.27. The Kier molecular flexibility index (Phi) is 5.80. The van der Waals surface area contributed by atoms with Crippen LogP contribution < -0.4 is 15.4 Å². The van der Waals surface area contributed by atoms with Gasteiger partial charge in [-0.05, 0) is 42.5 Å². The van der Waals surface area contributed by atoms with Crippen molar-refractivity contribution in [1.82, 2.24) is 0 Å². The van der Waals surface area contributed by atoms with Crippen molar-refractivity contribution in [2.24, 2.45) is 0 Å². The molecule has 2 N–H and O–H groups in total. The lowest BCUT2D eigenvalue weighted by atomic mass is 10.1. The van der Waals surface area contributed by atoms with E-state index in [2.05, 4.69) is 10.6 Å². The van der Waals surface area contributed by atoms with E-state index in [4.69, 9.17) is 16.3 Å². The quantitative estimate of drug-likeness (QED) is 0.740. The van der Waals surface area contributed by atoms with Crippen molar-refractivity contribution in [3.63, 3.8) is 0 Å². The number of hydrogen-bond donors (Lipinski definition) is 2. The van der Waals surface area contributed by atoms with Gasteiger partial charge in [-0.1, -0.05) is 11.6 Å². The Morgan fingerprint density at radius 1 is 1.15 bits per heavy atom. The van der Waals surface area contributed by atoms with E-state index in [0.29, 0.717) is 27.7 Å². The summed E-state index contributed by atoms with van der Waals surface area (Å²) in [5.74, 6) is 0.264. The van der Waals surface area contributed by atoms with Crippen LogP contribution in [0, 0.1) is 0 Å². The molecule has 0 atom stereocenters. The SMILES string of the molecule is O=C(CSCC(=O)c1ccc2c(c1)NC(=O)CO2)Nc1ccc(Cl)cc1. The van der Waals surface area contributed by atoms with Crippen LogP contribution in [0.1, 0.15) is 10.4 Å². The molecule has 2 aromatic rings. The number of ether oxygens (including phenoxy) is 1. The smallest absolute Gasteiger partial charge is 0.262 e. The molecular weight excluding hydrogens is 376 g/mol. The summed E-state index contributed by atoms with van der Waals surface area (Å²) in [7, 11) is 0. The predicted molar refractivity (Wildman–Crippen MR) is 102 cm³/mol. The van der Waals surface area contributed by atoms with E-state index >= 15 is 0 Å². The van der Waals surface area contributed by atoms with Crippen molar-refractivity contribution in [3.05, 3.63) is 53.1 Å². The van der Waals surface area contributed by atoms with E-state index in [1.165, 1.54) is 11.8 Å². The number of ketones is 1. The molecule has 0 fully saturated rings. The van der Waals surface area contributed by atoms with Crippen molar-refractivity contribution >= 4 is 52.3 Å². The second kappa shape index (κ2) is 8.25. The molecule has 1 aliphatic rings. The topological polar surface area (TPSA) is 84.5 Å². The minimum atomic E-state index is -0.254. The molecule has 134 valence electrons. The van der Waals surface area contributed by atoms with Crippen molar-refractivity contribution in [2.45, 2.75) is 0 Å². The molecular formula is C18H15ClN2O4S. The molecule has 2 amide bonds. The summed E-state index contributed by atoms with van der Waals surface area (Å²) < 4.78 is 5.26. The maximum absolute atomic E-state index is 12.3. The number of nitrogens with one attached hydrogen (secondary N) is 2. The number of fused-ring (bicyclic) bond motifs is 1. The zero-order valence-electron chi connectivity index (χ0n) is 13.6. The maximum atomic E-state index is 12.3. The molecule has 8 heteroatoms. The van der Waals surface area contributed by atoms with Crippen LogP contribution in [0.4, 0.5) is 11.4 Å². The molecule has 0 aromatic heterocycles. The van der Waals surface area contributed by atoms with Gasteiger partial charge in [-0.25, -0.2) is 0 Å². The van der Waals surface area contributed by atoms with E-state index in [-0.39, 0.29) is 35.7 Å². The Morgan fingerprint density at radius 2 is 1.92 bits per heavy atom. The minimum Gasteiger partial charge on any atom is -0.482 e. The Labute approximate surface area is 159 Å². The Morgan fingerprint density at radius 3 is 2.69 bits per heavy atom. The fourth-order valence-electron chi connectivity index (χ4n) is 2.31. The van der Waals surface area contributed by atoms with E-state index < -0.39 is 0 Å². The fraction of sp³-hybridized carbons (Fsp3) is 0.167. The minimum absolute atomic E-state index is 0.0289. The van der Waals surface area contributed by atoms with Crippen molar-refractivity contribution in [1.29, 1.82) is 0 Å². The zero-order chi connectivity index (χ0) is 18.5. The van der Waals surface area contributed by atoms with Crippen LogP contribution in [0.15, 0.2) is 42.5 Å². The number of rotatable bonds is 6. The van der Waals surface area contributed by atoms with Gasteiger partial charge in [0.2, 0.25) is 5.91 Å². The second-order valence-electron chi connectivity index (χ2n) is 5.52. The summed E-state index contributed by atoms with van der Waals surface area (Å²) in [5.41, 5.74) is 1.59. The molecule has 6 nitrogen and oxygen atoms in total. The number of carbonyl (C=O) groups excluding carboxylic acids is 3. The molecule has 2 aromatic carbocycles. The van der Waals surface area contributed by atoms with Crippen LogP contribution in [0.2, 0.25) is 5.02 Å². The van der Waals surface area contributed by atoms with Gasteiger partial charge in [-0.3, -0.25) is 14.4 Å². The van der Waals surface area contributed by atoms with Gasteiger partial charge in [0.15, 0.2) is 12.4 Å². The first kappa shape index (κ1) is 18.3. The molecule has 1 heterocycles. The predicted octanol–water partition coefficient (Wildman–Crippen LogP) is 3.23. The summed E-state index contributed by atoms with van der Waals surface area (Å²) in [6.07, 6.45) is 0. The molecule has 0 unspecified atom stereocenters. The lowest BCUT2D eigenvalue weighted by Crippen LogP contribution is -2.25. The third-order valence-corrected chi connectivity index (χ3v) is 4.71. The van der Waals surface area contributed by atoms with Crippen LogP contribution in [0.3, 0.4) is 0 Å². The number of anilines is 2. The Hall–Kier alpha value is -2.51. The van der Waals surface area contributed by atoms with E-state index in [0.717, 1.165) is 0 Å². The van der Waals surface area contributed by atoms with Gasteiger partial charge in [-0.15, -0.1) is 11.8 Å². The van der Waals surface area contributed by atoms with Crippen LogP contribution in [-0.2, 0) is 9.59 Å². The van der Waals surface area contributed by atoms with Crippen LogP contribution in [-0.4, -0.2) is 35.7 Å². The third-order valence-electron chi connectivity index (χ3n) is 3.53. The summed E-state index contributed by atoms with van der Waals surface area (Å²) in [4.78, 5) is 35.5. The lowest BCUT2D eigenvalue weighted by molar-refractivity contribution is -0.118. The average Bonchev–Trinajstić information content (AvgIpc) is 2.63. The molecule has 0 radical (unpaired) electrons. The van der Waals surface area contributed by atoms with E-state index in [9.17, 15) is 14.4 Å². The highest BCUT2D eigenvalue weighted by Crippen LogP contribution is 2.28. The number of Topliss-reactive ketones (excluding diaryl/α,β-unsaturated/α-hetero) is 1. The number of thioether (sulfide) groups is 1. The zero-order valence-corrected chi connectivity index (χ0v) is 15.2. The molecule has 26 heavy (non-hydrogen) atoms. The lowest BCUT2D eigenvalue weighted by Gasteiger charge is -2.18. The Balaban J connectivity index is 1.49. The molecule has 0 saturated carbocycles. The molecule has 0 bridgehead atoms. The van der Waals surface area contributed by atoms with Gasteiger partial charge >= 0.3 is 0 Å². The van der Waals surface area contributed by atoms with Gasteiger partial charge in [0, 0.05) is 16.3 Å². The summed E-state index contributed by atoms with van der Waals surface area (Å²) >= 11 is 7.01. The normalized spacial score (nSPS) is 12.6. The van der Waals surface area contributed by atoms with Gasteiger partial charge < -0.3 is 15.4 Å². The van der Waals surface area contributed by atoms with E-state index in [1.54, 1.807) is 42.5 Å². The Bertz CT molecular complexity index is 855. The number of amides is 2. The maximum Gasteiger partial charge on any atom is 0.262 e. The first-order chi connectivity index (χ1) is 12.5. The van der Waals surface area contributed by atoms with Crippen molar-refractivity contribution < 1.29 is 19.1 Å². The van der Waals surface area contributed by atoms with Gasteiger partial charge in [0.25, 0.3) is 5.91 Å². The molecule has 0 spiro atoms. The average molecular weight is 391 g/mol. The standard InChI is InChI=1S/C18H15ClN2O4S/c19-12-2-4-13(5-3-12)20-18(24)10-26-9-15(22)11-1-6-16-14(7-11)21-17(23)8-25-16/h1-7H,8-10H2,(H,20,24)(H,21,23). The summed E-state index contributed by atoms with van der Waals surface area (Å²) in [6.45, 7) is -0.0289. The number of benzene rings is 2. The number of halogens is 1. The van der Waals surface area contributed by atoms with E-state index in [1.807, 2.05) is 0 Å².